The molecule has 0 spiro atoms. The zero-order chi connectivity index (χ0) is 10.8. The van der Waals surface area contributed by atoms with E-state index >= 15 is 0 Å². The first-order chi connectivity index (χ1) is 7.22. The molecule has 0 fully saturated rings. The zero-order valence-electron chi connectivity index (χ0n) is 8.87. The van der Waals surface area contributed by atoms with Gasteiger partial charge in [0.1, 0.15) is 0 Å². The van der Waals surface area contributed by atoms with Gasteiger partial charge in [-0.2, -0.15) is 5.10 Å². The lowest BCUT2D eigenvalue weighted by Gasteiger charge is -2.06. The Morgan fingerprint density at radius 1 is 1.40 bits per heavy atom. The smallest absolute Gasteiger partial charge is 0.0824 e. The minimum Gasteiger partial charge on any atom is -0.264 e. The number of nitrogens with zero attached hydrogens (tertiary/aromatic N) is 2. The first-order valence-corrected chi connectivity index (χ1v) is 5.80. The van der Waals surface area contributed by atoms with Crippen LogP contribution in [0.25, 0.3) is 11.3 Å². The molecule has 0 N–H and O–H groups in total. The summed E-state index contributed by atoms with van der Waals surface area (Å²) >= 11 is 3.54. The number of halogens is 1. The normalized spacial score (nSPS) is 10.6. The van der Waals surface area contributed by atoms with Crippen LogP contribution in [0.5, 0.6) is 0 Å². The van der Waals surface area contributed by atoms with Crippen LogP contribution in [0.2, 0.25) is 0 Å². The van der Waals surface area contributed by atoms with Crippen molar-refractivity contribution in [3.05, 3.63) is 40.5 Å². The molecule has 0 saturated heterocycles. The number of aryl methyl sites for hydroxylation is 2. The van der Waals surface area contributed by atoms with Crippen molar-refractivity contribution in [1.82, 2.24) is 9.78 Å². The fourth-order valence-corrected chi connectivity index (χ4v) is 2.21. The molecule has 0 saturated carbocycles. The second-order valence-corrected chi connectivity index (χ2v) is 4.38. The molecule has 0 amide bonds. The Morgan fingerprint density at radius 3 is 2.87 bits per heavy atom. The van der Waals surface area contributed by atoms with E-state index in [0.29, 0.717) is 0 Å². The van der Waals surface area contributed by atoms with Crippen molar-refractivity contribution in [2.24, 2.45) is 0 Å². The number of aromatic nitrogens is 2. The van der Waals surface area contributed by atoms with Crippen molar-refractivity contribution in [2.45, 2.75) is 20.4 Å². The second kappa shape index (κ2) is 4.19. The third-order valence-corrected chi connectivity index (χ3v) is 2.97. The maximum Gasteiger partial charge on any atom is 0.0824 e. The van der Waals surface area contributed by atoms with Gasteiger partial charge in [0, 0.05) is 12.1 Å². The van der Waals surface area contributed by atoms with Crippen LogP contribution in [-0.2, 0) is 6.54 Å². The average molecular weight is 265 g/mol. The maximum atomic E-state index is 4.31. The summed E-state index contributed by atoms with van der Waals surface area (Å²) in [5, 5.41) is 4.31. The first kappa shape index (κ1) is 10.4. The molecular formula is C12H13BrN2. The van der Waals surface area contributed by atoms with Gasteiger partial charge in [0.15, 0.2) is 0 Å². The standard InChI is InChI=1S/C12H13BrN2/c1-3-15-12(11(13)8-14-15)10-6-4-5-9(2)7-10/h4-8H,3H2,1-2H3. The van der Waals surface area contributed by atoms with Crippen molar-refractivity contribution >= 4 is 15.9 Å². The van der Waals surface area contributed by atoms with Crippen LogP contribution in [-0.4, -0.2) is 9.78 Å². The van der Waals surface area contributed by atoms with Gasteiger partial charge in [0.25, 0.3) is 0 Å². The van der Waals surface area contributed by atoms with Crippen molar-refractivity contribution in [3.63, 3.8) is 0 Å². The van der Waals surface area contributed by atoms with E-state index in [9.17, 15) is 0 Å². The van der Waals surface area contributed by atoms with E-state index < -0.39 is 0 Å². The summed E-state index contributed by atoms with van der Waals surface area (Å²) in [5.41, 5.74) is 3.63. The number of hydrogen-bond donors (Lipinski definition) is 0. The van der Waals surface area contributed by atoms with Crippen LogP contribution in [0.1, 0.15) is 12.5 Å². The van der Waals surface area contributed by atoms with Crippen LogP contribution in [0.15, 0.2) is 34.9 Å². The van der Waals surface area contributed by atoms with Gasteiger partial charge < -0.3 is 0 Å². The highest BCUT2D eigenvalue weighted by Crippen LogP contribution is 2.28. The summed E-state index contributed by atoms with van der Waals surface area (Å²) in [6, 6.07) is 8.46. The quantitative estimate of drug-likeness (QED) is 0.810. The van der Waals surface area contributed by atoms with Gasteiger partial charge in [0.2, 0.25) is 0 Å². The van der Waals surface area contributed by atoms with Crippen LogP contribution in [0.3, 0.4) is 0 Å². The Balaban J connectivity index is 2.57. The summed E-state index contributed by atoms with van der Waals surface area (Å²) in [6.45, 7) is 5.08. The molecule has 1 heterocycles. The van der Waals surface area contributed by atoms with E-state index in [0.717, 1.165) is 16.7 Å². The Labute approximate surface area is 98.1 Å². The van der Waals surface area contributed by atoms with E-state index in [-0.39, 0.29) is 0 Å². The van der Waals surface area contributed by atoms with Gasteiger partial charge >= 0.3 is 0 Å². The molecule has 15 heavy (non-hydrogen) atoms. The highest BCUT2D eigenvalue weighted by atomic mass is 79.9. The molecular weight excluding hydrogens is 252 g/mol. The van der Waals surface area contributed by atoms with Crippen LogP contribution in [0.4, 0.5) is 0 Å². The molecule has 1 aromatic heterocycles. The Hall–Kier alpha value is -1.09. The Bertz CT molecular complexity index is 474. The fourth-order valence-electron chi connectivity index (χ4n) is 1.68. The fraction of sp³-hybridized carbons (Fsp3) is 0.250. The lowest BCUT2D eigenvalue weighted by atomic mass is 10.1. The summed E-state index contributed by atoms with van der Waals surface area (Å²) in [4.78, 5) is 0. The molecule has 0 unspecified atom stereocenters. The molecule has 78 valence electrons. The zero-order valence-corrected chi connectivity index (χ0v) is 10.5. The monoisotopic (exact) mass is 264 g/mol. The average Bonchev–Trinajstić information content (AvgIpc) is 2.59. The molecule has 2 rings (SSSR count). The van der Waals surface area contributed by atoms with Crippen LogP contribution < -0.4 is 0 Å². The van der Waals surface area contributed by atoms with Gasteiger partial charge in [-0.15, -0.1) is 0 Å². The number of rotatable bonds is 2. The largest absolute Gasteiger partial charge is 0.264 e. The molecule has 0 aliphatic heterocycles. The van der Waals surface area contributed by atoms with Crippen molar-refractivity contribution in [2.75, 3.05) is 0 Å². The van der Waals surface area contributed by atoms with Gasteiger partial charge in [-0.3, -0.25) is 4.68 Å². The highest BCUT2D eigenvalue weighted by molar-refractivity contribution is 9.10. The minimum absolute atomic E-state index is 0.884. The van der Waals surface area contributed by atoms with E-state index in [1.165, 1.54) is 11.1 Å². The molecule has 0 atom stereocenters. The molecule has 2 nitrogen and oxygen atoms in total. The highest BCUT2D eigenvalue weighted by Gasteiger charge is 2.09. The van der Waals surface area contributed by atoms with Crippen molar-refractivity contribution < 1.29 is 0 Å². The van der Waals surface area contributed by atoms with Crippen molar-refractivity contribution in [1.29, 1.82) is 0 Å². The van der Waals surface area contributed by atoms with E-state index in [4.69, 9.17) is 0 Å². The lowest BCUT2D eigenvalue weighted by Crippen LogP contribution is -1.98. The predicted octanol–water partition coefficient (Wildman–Crippen LogP) is 3.64. The van der Waals surface area contributed by atoms with E-state index in [1.54, 1.807) is 0 Å². The third-order valence-electron chi connectivity index (χ3n) is 2.39. The van der Waals surface area contributed by atoms with Crippen LogP contribution in [0, 0.1) is 6.92 Å². The summed E-state index contributed by atoms with van der Waals surface area (Å²) < 4.78 is 3.05. The van der Waals surface area contributed by atoms with Crippen LogP contribution >= 0.6 is 15.9 Å². The van der Waals surface area contributed by atoms with Gasteiger partial charge in [0.05, 0.1) is 16.4 Å². The predicted molar refractivity (Wildman–Crippen MR) is 65.8 cm³/mol. The van der Waals surface area contributed by atoms with Gasteiger partial charge in [-0.1, -0.05) is 23.8 Å². The maximum absolute atomic E-state index is 4.31. The molecule has 0 radical (unpaired) electrons. The van der Waals surface area contributed by atoms with E-state index in [1.807, 2.05) is 10.9 Å². The molecule has 0 aliphatic carbocycles. The van der Waals surface area contributed by atoms with Gasteiger partial charge in [-0.05, 0) is 35.8 Å². The second-order valence-electron chi connectivity index (χ2n) is 3.53. The molecule has 0 bridgehead atoms. The topological polar surface area (TPSA) is 17.8 Å². The Morgan fingerprint density at radius 2 is 2.20 bits per heavy atom. The molecule has 2 aromatic rings. The molecule has 1 aromatic carbocycles. The lowest BCUT2D eigenvalue weighted by molar-refractivity contribution is 0.667. The Kier molecular flexibility index (Phi) is 2.91. The third kappa shape index (κ3) is 1.97. The number of benzene rings is 1. The summed E-state index contributed by atoms with van der Waals surface area (Å²) in [5.74, 6) is 0. The SMILES string of the molecule is CCn1ncc(Br)c1-c1cccc(C)c1. The van der Waals surface area contributed by atoms with Gasteiger partial charge in [-0.25, -0.2) is 0 Å². The molecule has 0 aliphatic rings. The first-order valence-electron chi connectivity index (χ1n) is 5.00. The number of hydrogen-bond acceptors (Lipinski definition) is 1. The molecule has 3 heteroatoms. The van der Waals surface area contributed by atoms with E-state index in [2.05, 4.69) is 59.1 Å². The van der Waals surface area contributed by atoms with Crippen molar-refractivity contribution in [3.8, 4) is 11.3 Å². The summed E-state index contributed by atoms with van der Waals surface area (Å²) in [7, 11) is 0. The summed E-state index contributed by atoms with van der Waals surface area (Å²) in [6.07, 6.45) is 1.85. The minimum atomic E-state index is 0.884.